The quantitative estimate of drug-likeness (QED) is 0.708. The van der Waals surface area contributed by atoms with Gasteiger partial charge in [0, 0.05) is 10.9 Å². The van der Waals surface area contributed by atoms with Gasteiger partial charge in [-0.2, -0.15) is 0 Å². The van der Waals surface area contributed by atoms with Crippen LogP contribution < -0.4 is 5.73 Å². The molecule has 0 saturated carbocycles. The first kappa shape index (κ1) is 12.4. The van der Waals surface area contributed by atoms with Crippen molar-refractivity contribution in [3.05, 3.63) is 47.5 Å². The number of anilines is 1. The minimum absolute atomic E-state index is 0.205. The highest BCUT2D eigenvalue weighted by Gasteiger charge is 2.10. The Morgan fingerprint density at radius 1 is 1.00 bits per heavy atom. The molecule has 3 rings (SSSR count). The van der Waals surface area contributed by atoms with E-state index in [9.17, 15) is 5.11 Å². The zero-order valence-electron chi connectivity index (χ0n) is 11.4. The smallest absolute Gasteiger partial charge is 0.221 e. The lowest BCUT2D eigenvalue weighted by Crippen LogP contribution is -1.99. The van der Waals surface area contributed by atoms with E-state index in [0.29, 0.717) is 0 Å². The summed E-state index contributed by atoms with van der Waals surface area (Å²) < 4.78 is 0. The fraction of sp³-hybridized carbons (Fsp3) is 0.125. The molecule has 4 nitrogen and oxygen atoms in total. The van der Waals surface area contributed by atoms with E-state index in [1.807, 2.05) is 19.1 Å². The number of nitrogen functional groups attached to an aromatic ring is 1. The molecule has 0 aliphatic carbocycles. The lowest BCUT2D eigenvalue weighted by atomic mass is 10.0. The van der Waals surface area contributed by atoms with E-state index in [2.05, 4.69) is 23.0 Å². The third-order valence-corrected chi connectivity index (χ3v) is 3.45. The number of hydrogen-bond donors (Lipinski definition) is 2. The molecular weight excluding hydrogens is 250 g/mol. The Balaban J connectivity index is 2.37. The fourth-order valence-corrected chi connectivity index (χ4v) is 2.28. The molecule has 0 aliphatic heterocycles. The molecule has 0 atom stereocenters. The number of nitrogens with two attached hydrogens (primary N) is 1. The number of aromatic nitrogens is 2. The predicted octanol–water partition coefficient (Wildman–Crippen LogP) is 3.20. The molecule has 1 aromatic heterocycles. The SMILES string of the molecule is Cc1cc2nc(N)nc(-c3cccc(O)c3)c2cc1C. The second kappa shape index (κ2) is 4.49. The molecule has 1 heterocycles. The van der Waals surface area contributed by atoms with Crippen molar-refractivity contribution in [1.29, 1.82) is 0 Å². The Bertz CT molecular complexity index is 812. The van der Waals surface area contributed by atoms with Crippen LogP contribution in [0.5, 0.6) is 5.75 Å². The average Bonchev–Trinajstić information content (AvgIpc) is 2.40. The molecular formula is C16H15N3O. The lowest BCUT2D eigenvalue weighted by Gasteiger charge is -2.09. The lowest BCUT2D eigenvalue weighted by molar-refractivity contribution is 0.475. The Hall–Kier alpha value is -2.62. The molecule has 0 spiro atoms. The highest BCUT2D eigenvalue weighted by molar-refractivity contribution is 5.94. The standard InChI is InChI=1S/C16H15N3O/c1-9-6-13-14(7-10(9)2)18-16(17)19-15(13)11-4-3-5-12(20)8-11/h3-8,20H,1-2H3,(H2,17,18,19). The van der Waals surface area contributed by atoms with Gasteiger partial charge in [-0.3, -0.25) is 0 Å². The third-order valence-electron chi connectivity index (χ3n) is 3.45. The van der Waals surface area contributed by atoms with E-state index in [1.165, 1.54) is 5.56 Å². The molecule has 0 aliphatic rings. The maximum Gasteiger partial charge on any atom is 0.221 e. The minimum atomic E-state index is 0.205. The summed E-state index contributed by atoms with van der Waals surface area (Å²) in [5.41, 5.74) is 10.5. The molecule has 3 aromatic rings. The zero-order chi connectivity index (χ0) is 14.3. The number of nitrogens with zero attached hydrogens (tertiary/aromatic N) is 2. The van der Waals surface area contributed by atoms with Crippen LogP contribution in [0, 0.1) is 13.8 Å². The summed E-state index contributed by atoms with van der Waals surface area (Å²) in [6.07, 6.45) is 0. The van der Waals surface area contributed by atoms with Crippen molar-refractivity contribution >= 4 is 16.9 Å². The van der Waals surface area contributed by atoms with Crippen molar-refractivity contribution in [2.45, 2.75) is 13.8 Å². The maximum atomic E-state index is 9.64. The van der Waals surface area contributed by atoms with Gasteiger partial charge in [-0.1, -0.05) is 12.1 Å². The van der Waals surface area contributed by atoms with Crippen LogP contribution in [0.4, 0.5) is 5.95 Å². The summed E-state index contributed by atoms with van der Waals surface area (Å²) in [5.74, 6) is 0.441. The monoisotopic (exact) mass is 265 g/mol. The minimum Gasteiger partial charge on any atom is -0.508 e. The molecule has 0 amide bonds. The normalized spacial score (nSPS) is 10.9. The Labute approximate surface area is 116 Å². The summed E-state index contributed by atoms with van der Waals surface area (Å²) in [6.45, 7) is 4.10. The second-order valence-electron chi connectivity index (χ2n) is 4.93. The van der Waals surface area contributed by atoms with Crippen molar-refractivity contribution in [2.24, 2.45) is 0 Å². The van der Waals surface area contributed by atoms with Gasteiger partial charge in [0.15, 0.2) is 0 Å². The van der Waals surface area contributed by atoms with E-state index >= 15 is 0 Å². The highest BCUT2D eigenvalue weighted by atomic mass is 16.3. The van der Waals surface area contributed by atoms with Gasteiger partial charge in [0.1, 0.15) is 5.75 Å². The zero-order valence-corrected chi connectivity index (χ0v) is 11.4. The molecule has 2 aromatic carbocycles. The average molecular weight is 265 g/mol. The Kier molecular flexibility index (Phi) is 2.79. The number of rotatable bonds is 1. The van der Waals surface area contributed by atoms with Crippen molar-refractivity contribution < 1.29 is 5.11 Å². The summed E-state index contributed by atoms with van der Waals surface area (Å²) in [4.78, 5) is 8.63. The summed E-state index contributed by atoms with van der Waals surface area (Å²) in [7, 11) is 0. The van der Waals surface area contributed by atoms with Gasteiger partial charge < -0.3 is 10.8 Å². The first-order chi connectivity index (χ1) is 9.54. The number of benzene rings is 2. The van der Waals surface area contributed by atoms with E-state index in [-0.39, 0.29) is 11.7 Å². The van der Waals surface area contributed by atoms with Gasteiger partial charge >= 0.3 is 0 Å². The van der Waals surface area contributed by atoms with Crippen LogP contribution >= 0.6 is 0 Å². The van der Waals surface area contributed by atoms with Gasteiger partial charge in [-0.15, -0.1) is 0 Å². The van der Waals surface area contributed by atoms with E-state index in [4.69, 9.17) is 5.73 Å². The molecule has 4 heteroatoms. The van der Waals surface area contributed by atoms with Crippen molar-refractivity contribution in [1.82, 2.24) is 9.97 Å². The number of hydrogen-bond acceptors (Lipinski definition) is 4. The van der Waals surface area contributed by atoms with E-state index in [0.717, 1.165) is 27.7 Å². The molecule has 0 fully saturated rings. The Morgan fingerprint density at radius 3 is 2.50 bits per heavy atom. The van der Waals surface area contributed by atoms with Crippen LogP contribution in [0.1, 0.15) is 11.1 Å². The van der Waals surface area contributed by atoms with Crippen LogP contribution in [0.2, 0.25) is 0 Å². The van der Waals surface area contributed by atoms with Crippen LogP contribution in [0.3, 0.4) is 0 Å². The number of phenolic OH excluding ortho intramolecular Hbond substituents is 1. The van der Waals surface area contributed by atoms with Crippen molar-refractivity contribution in [3.8, 4) is 17.0 Å². The van der Waals surface area contributed by atoms with Crippen LogP contribution in [-0.4, -0.2) is 15.1 Å². The number of phenols is 1. The number of aryl methyl sites for hydroxylation is 2. The molecule has 0 bridgehead atoms. The van der Waals surface area contributed by atoms with Crippen LogP contribution in [0.15, 0.2) is 36.4 Å². The predicted molar refractivity (Wildman–Crippen MR) is 80.5 cm³/mol. The maximum absolute atomic E-state index is 9.64. The number of aromatic hydroxyl groups is 1. The fourth-order valence-electron chi connectivity index (χ4n) is 2.28. The molecule has 20 heavy (non-hydrogen) atoms. The molecule has 0 unspecified atom stereocenters. The van der Waals surface area contributed by atoms with Gasteiger partial charge in [-0.05, 0) is 49.2 Å². The Morgan fingerprint density at radius 2 is 1.75 bits per heavy atom. The van der Waals surface area contributed by atoms with Crippen molar-refractivity contribution in [3.63, 3.8) is 0 Å². The van der Waals surface area contributed by atoms with Crippen LogP contribution in [-0.2, 0) is 0 Å². The molecule has 0 saturated heterocycles. The summed E-state index contributed by atoms with van der Waals surface area (Å²) in [5, 5.41) is 10.6. The molecule has 0 radical (unpaired) electrons. The summed E-state index contributed by atoms with van der Waals surface area (Å²) in [6, 6.07) is 11.1. The van der Waals surface area contributed by atoms with Gasteiger partial charge in [0.25, 0.3) is 0 Å². The van der Waals surface area contributed by atoms with Crippen molar-refractivity contribution in [2.75, 3.05) is 5.73 Å². The van der Waals surface area contributed by atoms with Gasteiger partial charge in [-0.25, -0.2) is 9.97 Å². The molecule has 3 N–H and O–H groups in total. The van der Waals surface area contributed by atoms with Gasteiger partial charge in [0.05, 0.1) is 11.2 Å². The first-order valence-corrected chi connectivity index (χ1v) is 6.38. The van der Waals surface area contributed by atoms with Gasteiger partial charge in [0.2, 0.25) is 5.95 Å². The van der Waals surface area contributed by atoms with E-state index in [1.54, 1.807) is 18.2 Å². The topological polar surface area (TPSA) is 72.0 Å². The third kappa shape index (κ3) is 2.05. The molecule has 100 valence electrons. The second-order valence-corrected chi connectivity index (χ2v) is 4.93. The highest BCUT2D eigenvalue weighted by Crippen LogP contribution is 2.30. The first-order valence-electron chi connectivity index (χ1n) is 6.38. The summed E-state index contributed by atoms with van der Waals surface area (Å²) >= 11 is 0. The van der Waals surface area contributed by atoms with E-state index < -0.39 is 0 Å². The largest absolute Gasteiger partial charge is 0.508 e. The number of fused-ring (bicyclic) bond motifs is 1. The van der Waals surface area contributed by atoms with Crippen LogP contribution in [0.25, 0.3) is 22.2 Å².